The van der Waals surface area contributed by atoms with E-state index in [1.165, 1.54) is 12.3 Å². The van der Waals surface area contributed by atoms with E-state index in [0.717, 1.165) is 16.9 Å². The minimum atomic E-state index is -0.538. The molecule has 1 amide bonds. The van der Waals surface area contributed by atoms with Crippen molar-refractivity contribution in [2.75, 3.05) is 12.3 Å². The van der Waals surface area contributed by atoms with Crippen LogP contribution in [0.1, 0.15) is 30.5 Å². The van der Waals surface area contributed by atoms with Crippen LogP contribution in [0.15, 0.2) is 60.8 Å². The van der Waals surface area contributed by atoms with E-state index in [2.05, 4.69) is 4.98 Å². The first-order valence-electron chi connectivity index (χ1n) is 7.96. The molecule has 0 aliphatic heterocycles. The van der Waals surface area contributed by atoms with Crippen LogP contribution in [-0.4, -0.2) is 33.5 Å². The van der Waals surface area contributed by atoms with Gasteiger partial charge in [0.2, 0.25) is 5.78 Å². The Morgan fingerprint density at radius 1 is 1.04 bits per heavy atom. The maximum Gasteiger partial charge on any atom is 0.287 e. The van der Waals surface area contributed by atoms with Gasteiger partial charge in [-0.25, -0.2) is 10.0 Å². The number of hydrogen-bond donors (Lipinski definition) is 2. The van der Waals surface area contributed by atoms with Crippen LogP contribution in [0.2, 0.25) is 0 Å². The fourth-order valence-corrected chi connectivity index (χ4v) is 3.33. The van der Waals surface area contributed by atoms with E-state index in [1.807, 2.05) is 30.3 Å². The predicted molar refractivity (Wildman–Crippen MR) is 99.4 cm³/mol. The number of hydroxylamine groups is 2. The van der Waals surface area contributed by atoms with Crippen molar-refractivity contribution in [1.29, 1.82) is 0 Å². The third-order valence-electron chi connectivity index (χ3n) is 3.81. The van der Waals surface area contributed by atoms with Gasteiger partial charge in [-0.3, -0.25) is 14.8 Å². The number of thiophene rings is 1. The zero-order valence-corrected chi connectivity index (χ0v) is 14.6. The van der Waals surface area contributed by atoms with Crippen molar-refractivity contribution in [3.63, 3.8) is 0 Å². The summed E-state index contributed by atoms with van der Waals surface area (Å²) < 4.78 is 0. The molecule has 3 rings (SSSR count). The minimum Gasteiger partial charge on any atom is -0.383 e. The number of benzene rings is 1. The average Bonchev–Trinajstić information content (AvgIpc) is 3.16. The van der Waals surface area contributed by atoms with Crippen molar-refractivity contribution in [2.24, 2.45) is 0 Å². The molecule has 0 saturated carbocycles. The van der Waals surface area contributed by atoms with Crippen molar-refractivity contribution < 1.29 is 14.8 Å². The molecule has 0 aliphatic carbocycles. The van der Waals surface area contributed by atoms with Gasteiger partial charge in [0.1, 0.15) is 5.82 Å². The lowest BCUT2D eigenvalue weighted by Crippen LogP contribution is -2.28. The molecule has 1 aromatic carbocycles. The molecule has 0 bridgehead atoms. The van der Waals surface area contributed by atoms with Gasteiger partial charge in [-0.15, -0.1) is 11.3 Å². The highest BCUT2D eigenvalue weighted by molar-refractivity contribution is 7.16. The number of aromatic nitrogens is 1. The molecule has 2 heterocycles. The zero-order chi connectivity index (χ0) is 18.5. The molecule has 0 aliphatic rings. The first-order valence-corrected chi connectivity index (χ1v) is 8.77. The van der Waals surface area contributed by atoms with Crippen LogP contribution >= 0.6 is 11.3 Å². The van der Waals surface area contributed by atoms with Gasteiger partial charge in [-0.1, -0.05) is 30.3 Å². The van der Waals surface area contributed by atoms with Crippen LogP contribution in [0, 0.1) is 0 Å². The summed E-state index contributed by atoms with van der Waals surface area (Å²) in [7, 11) is 0. The molecule has 3 N–H and O–H groups in total. The van der Waals surface area contributed by atoms with E-state index < -0.39 is 5.91 Å². The number of nitrogens with zero attached hydrogens (tertiary/aromatic N) is 2. The largest absolute Gasteiger partial charge is 0.383 e. The summed E-state index contributed by atoms with van der Waals surface area (Å²) in [4.78, 5) is 29.4. The van der Waals surface area contributed by atoms with Crippen LogP contribution in [0.5, 0.6) is 0 Å². The highest BCUT2D eigenvalue weighted by Crippen LogP contribution is 2.23. The van der Waals surface area contributed by atoms with Gasteiger partial charge in [-0.05, 0) is 36.2 Å². The third kappa shape index (κ3) is 3.96. The molecule has 7 heteroatoms. The summed E-state index contributed by atoms with van der Waals surface area (Å²) in [5, 5.41) is 10.7. The summed E-state index contributed by atoms with van der Waals surface area (Å²) in [6.07, 6.45) is 2.04. The maximum absolute atomic E-state index is 12.5. The van der Waals surface area contributed by atoms with E-state index in [-0.39, 0.29) is 23.0 Å². The first-order chi connectivity index (χ1) is 12.6. The fourth-order valence-electron chi connectivity index (χ4n) is 2.43. The molecule has 0 saturated heterocycles. The Morgan fingerprint density at radius 3 is 2.50 bits per heavy atom. The van der Waals surface area contributed by atoms with Gasteiger partial charge in [-0.2, -0.15) is 0 Å². The number of carbonyl (C=O) groups is 2. The van der Waals surface area contributed by atoms with Crippen molar-refractivity contribution in [2.45, 2.75) is 6.42 Å². The molecule has 6 nitrogen and oxygen atoms in total. The topological polar surface area (TPSA) is 96.5 Å². The van der Waals surface area contributed by atoms with Gasteiger partial charge in [0, 0.05) is 6.20 Å². The smallest absolute Gasteiger partial charge is 0.287 e. The van der Waals surface area contributed by atoms with Crippen LogP contribution < -0.4 is 5.73 Å². The lowest BCUT2D eigenvalue weighted by molar-refractivity contribution is -0.0568. The molecular weight excluding hydrogens is 350 g/mol. The Kier molecular flexibility index (Phi) is 5.40. The van der Waals surface area contributed by atoms with Gasteiger partial charge in [0.25, 0.3) is 5.91 Å². The van der Waals surface area contributed by atoms with E-state index in [4.69, 9.17) is 5.73 Å². The molecule has 2 aromatic heterocycles. The van der Waals surface area contributed by atoms with Crippen LogP contribution in [0.25, 0.3) is 0 Å². The van der Waals surface area contributed by atoms with Gasteiger partial charge < -0.3 is 5.73 Å². The standard InChI is InChI=1S/C19H17N3O3S/c20-18-14(7-4-11-21-18)17(23)15-8-9-16(26-15)19(24)22(25)12-10-13-5-2-1-3-6-13/h1-9,11,25H,10,12H2,(H2,20,21). The summed E-state index contributed by atoms with van der Waals surface area (Å²) >= 11 is 1.02. The summed E-state index contributed by atoms with van der Waals surface area (Å²) in [6, 6.07) is 15.9. The second-order valence-electron chi connectivity index (χ2n) is 5.59. The lowest BCUT2D eigenvalue weighted by atomic mass is 10.1. The first kappa shape index (κ1) is 17.8. The second-order valence-corrected chi connectivity index (χ2v) is 6.68. The highest BCUT2D eigenvalue weighted by atomic mass is 32.1. The Labute approximate surface area is 154 Å². The number of hydrogen-bond acceptors (Lipinski definition) is 6. The number of amides is 1. The normalized spacial score (nSPS) is 10.5. The molecule has 0 fully saturated rings. The number of nitrogens with two attached hydrogens (primary N) is 1. The van der Waals surface area contributed by atoms with Crippen molar-refractivity contribution in [1.82, 2.24) is 10.0 Å². The Balaban J connectivity index is 1.67. The predicted octanol–water partition coefficient (Wildman–Crippen LogP) is 3.03. The molecule has 0 unspecified atom stereocenters. The van der Waals surface area contributed by atoms with Crippen molar-refractivity contribution in [3.05, 3.63) is 81.7 Å². The van der Waals surface area contributed by atoms with Crippen LogP contribution in [0.4, 0.5) is 5.82 Å². The molecule has 0 atom stereocenters. The number of anilines is 1. The number of carbonyl (C=O) groups excluding carboxylic acids is 2. The Bertz CT molecular complexity index is 925. The van der Waals surface area contributed by atoms with Crippen LogP contribution in [0.3, 0.4) is 0 Å². The maximum atomic E-state index is 12.5. The number of pyridine rings is 1. The Hall–Kier alpha value is -3.03. The lowest BCUT2D eigenvalue weighted by Gasteiger charge is -2.13. The quantitative estimate of drug-likeness (QED) is 0.397. The summed E-state index contributed by atoms with van der Waals surface area (Å²) in [6.45, 7) is 0.166. The molecule has 0 radical (unpaired) electrons. The fraction of sp³-hybridized carbons (Fsp3) is 0.105. The van der Waals surface area contributed by atoms with Crippen LogP contribution in [-0.2, 0) is 6.42 Å². The Morgan fingerprint density at radius 2 is 1.77 bits per heavy atom. The van der Waals surface area contributed by atoms with Crippen molar-refractivity contribution >= 4 is 28.8 Å². The van der Waals surface area contributed by atoms with Gasteiger partial charge >= 0.3 is 0 Å². The van der Waals surface area contributed by atoms with E-state index in [0.29, 0.717) is 21.9 Å². The molecular formula is C19H17N3O3S. The highest BCUT2D eigenvalue weighted by Gasteiger charge is 2.20. The minimum absolute atomic E-state index is 0.144. The second kappa shape index (κ2) is 7.90. The number of ketones is 1. The molecule has 132 valence electrons. The zero-order valence-electron chi connectivity index (χ0n) is 13.8. The molecule has 0 spiro atoms. The average molecular weight is 367 g/mol. The van der Waals surface area contributed by atoms with Crippen molar-refractivity contribution in [3.8, 4) is 0 Å². The SMILES string of the molecule is Nc1ncccc1C(=O)c1ccc(C(=O)N(O)CCc2ccccc2)s1. The summed E-state index contributed by atoms with van der Waals surface area (Å²) in [5.74, 6) is -0.692. The number of nitrogen functional groups attached to an aromatic ring is 1. The van der Waals surface area contributed by atoms with Gasteiger partial charge in [0.05, 0.1) is 21.9 Å². The molecule has 26 heavy (non-hydrogen) atoms. The van der Waals surface area contributed by atoms with E-state index >= 15 is 0 Å². The van der Waals surface area contributed by atoms with Gasteiger partial charge in [0.15, 0.2) is 0 Å². The number of rotatable bonds is 6. The monoisotopic (exact) mass is 367 g/mol. The van der Waals surface area contributed by atoms with E-state index in [1.54, 1.807) is 18.2 Å². The third-order valence-corrected chi connectivity index (χ3v) is 4.89. The summed E-state index contributed by atoms with van der Waals surface area (Å²) in [5.41, 5.74) is 7.04. The molecule has 3 aromatic rings. The van der Waals surface area contributed by atoms with E-state index in [9.17, 15) is 14.8 Å².